The van der Waals surface area contributed by atoms with E-state index in [-0.39, 0.29) is 17.9 Å². The highest BCUT2D eigenvalue weighted by Crippen LogP contribution is 2.30. The Bertz CT molecular complexity index is 1040. The third kappa shape index (κ3) is 3.19. The zero-order chi connectivity index (χ0) is 19.7. The Labute approximate surface area is 163 Å². The SMILES string of the molecule is CCNC(=O)N1Cc2n[nH]c(NC(=O)C(C)c3cccc4ccccc34)c2C1. The van der Waals surface area contributed by atoms with Gasteiger partial charge in [-0.3, -0.25) is 9.89 Å². The van der Waals surface area contributed by atoms with E-state index in [9.17, 15) is 9.59 Å². The van der Waals surface area contributed by atoms with Crippen LogP contribution < -0.4 is 10.6 Å². The van der Waals surface area contributed by atoms with Crippen LogP contribution in [0, 0.1) is 0 Å². The molecule has 144 valence electrons. The minimum atomic E-state index is -0.328. The summed E-state index contributed by atoms with van der Waals surface area (Å²) >= 11 is 0. The van der Waals surface area contributed by atoms with Crippen LogP contribution in [0.25, 0.3) is 10.8 Å². The second-order valence-electron chi connectivity index (χ2n) is 6.99. The largest absolute Gasteiger partial charge is 0.338 e. The fraction of sp³-hybridized carbons (Fsp3) is 0.286. The van der Waals surface area contributed by atoms with Crippen LogP contribution in [0.4, 0.5) is 10.6 Å². The first-order valence-electron chi connectivity index (χ1n) is 9.46. The van der Waals surface area contributed by atoms with Gasteiger partial charge in [-0.15, -0.1) is 0 Å². The van der Waals surface area contributed by atoms with Crippen LogP contribution in [0.15, 0.2) is 42.5 Å². The number of aromatic nitrogens is 2. The van der Waals surface area contributed by atoms with Crippen molar-refractivity contribution in [3.8, 4) is 0 Å². The fourth-order valence-electron chi connectivity index (χ4n) is 3.64. The highest BCUT2D eigenvalue weighted by atomic mass is 16.2. The number of benzene rings is 2. The van der Waals surface area contributed by atoms with E-state index < -0.39 is 0 Å². The number of anilines is 1. The molecule has 7 nitrogen and oxygen atoms in total. The average Bonchev–Trinajstić information content (AvgIpc) is 3.29. The van der Waals surface area contributed by atoms with Crippen molar-refractivity contribution in [3.05, 3.63) is 59.3 Å². The van der Waals surface area contributed by atoms with Gasteiger partial charge in [0.15, 0.2) is 0 Å². The van der Waals surface area contributed by atoms with Gasteiger partial charge in [-0.2, -0.15) is 5.10 Å². The molecule has 0 fully saturated rings. The van der Waals surface area contributed by atoms with E-state index in [0.717, 1.165) is 27.6 Å². The molecule has 0 aliphatic carbocycles. The average molecular weight is 377 g/mol. The van der Waals surface area contributed by atoms with Gasteiger partial charge in [-0.25, -0.2) is 4.79 Å². The van der Waals surface area contributed by atoms with E-state index in [4.69, 9.17) is 0 Å². The fourth-order valence-corrected chi connectivity index (χ4v) is 3.64. The molecule has 0 saturated heterocycles. The molecular weight excluding hydrogens is 354 g/mol. The lowest BCUT2D eigenvalue weighted by Crippen LogP contribution is -2.36. The molecule has 1 unspecified atom stereocenters. The molecule has 1 aliphatic rings. The Hall–Kier alpha value is -3.35. The van der Waals surface area contributed by atoms with Gasteiger partial charge in [0.05, 0.1) is 24.7 Å². The Morgan fingerprint density at radius 1 is 1.18 bits per heavy atom. The topological polar surface area (TPSA) is 90.1 Å². The zero-order valence-corrected chi connectivity index (χ0v) is 16.0. The van der Waals surface area contributed by atoms with Crippen LogP contribution in [0.1, 0.15) is 36.6 Å². The Morgan fingerprint density at radius 2 is 1.96 bits per heavy atom. The van der Waals surface area contributed by atoms with Crippen molar-refractivity contribution in [1.29, 1.82) is 0 Å². The van der Waals surface area contributed by atoms with E-state index in [1.54, 1.807) is 4.90 Å². The summed E-state index contributed by atoms with van der Waals surface area (Å²) < 4.78 is 0. The van der Waals surface area contributed by atoms with Crippen molar-refractivity contribution in [1.82, 2.24) is 20.4 Å². The number of rotatable bonds is 4. The first-order valence-corrected chi connectivity index (χ1v) is 9.46. The molecule has 2 aromatic carbocycles. The third-order valence-corrected chi connectivity index (χ3v) is 5.19. The van der Waals surface area contributed by atoms with Crippen LogP contribution in [0.2, 0.25) is 0 Å². The maximum Gasteiger partial charge on any atom is 0.318 e. The number of hydrogen-bond donors (Lipinski definition) is 3. The summed E-state index contributed by atoms with van der Waals surface area (Å²) in [7, 11) is 0. The molecule has 1 aromatic heterocycles. The molecule has 3 amide bonds. The van der Waals surface area contributed by atoms with Crippen LogP contribution >= 0.6 is 0 Å². The number of fused-ring (bicyclic) bond motifs is 2. The second-order valence-corrected chi connectivity index (χ2v) is 6.99. The van der Waals surface area contributed by atoms with E-state index in [0.29, 0.717) is 25.5 Å². The van der Waals surface area contributed by atoms with Crippen LogP contribution in [-0.4, -0.2) is 33.6 Å². The van der Waals surface area contributed by atoms with Gasteiger partial charge in [0.25, 0.3) is 0 Å². The predicted octanol–water partition coefficient (Wildman–Crippen LogP) is 3.35. The van der Waals surface area contributed by atoms with Gasteiger partial charge < -0.3 is 15.5 Å². The van der Waals surface area contributed by atoms with Gasteiger partial charge in [-0.1, -0.05) is 42.5 Å². The van der Waals surface area contributed by atoms with Gasteiger partial charge in [-0.05, 0) is 30.2 Å². The van der Waals surface area contributed by atoms with Gasteiger partial charge in [0.2, 0.25) is 5.91 Å². The van der Waals surface area contributed by atoms with E-state index in [1.807, 2.05) is 56.3 Å². The van der Waals surface area contributed by atoms with Crippen molar-refractivity contribution in [2.45, 2.75) is 32.9 Å². The molecule has 7 heteroatoms. The standard InChI is InChI=1S/C21H23N5O2/c1-3-22-21(28)26-11-17-18(12-26)24-25-19(17)23-20(27)13(2)15-10-6-8-14-7-4-5-9-16(14)15/h4-10,13H,3,11-12H2,1-2H3,(H,22,28)(H2,23,24,25,27). The first kappa shape index (κ1) is 18.0. The molecule has 28 heavy (non-hydrogen) atoms. The normalized spacial score (nSPS) is 14.0. The Kier molecular flexibility index (Phi) is 4.73. The predicted molar refractivity (Wildman–Crippen MR) is 108 cm³/mol. The Balaban J connectivity index is 1.52. The highest BCUT2D eigenvalue weighted by molar-refractivity contribution is 5.99. The third-order valence-electron chi connectivity index (χ3n) is 5.19. The number of hydrogen-bond acceptors (Lipinski definition) is 3. The van der Waals surface area contributed by atoms with Gasteiger partial charge in [0.1, 0.15) is 5.82 Å². The first-order chi connectivity index (χ1) is 13.6. The summed E-state index contributed by atoms with van der Waals surface area (Å²) in [6.45, 7) is 5.22. The van der Waals surface area contributed by atoms with Crippen molar-refractivity contribution in [2.24, 2.45) is 0 Å². The molecule has 1 aliphatic heterocycles. The monoisotopic (exact) mass is 377 g/mol. The molecule has 0 saturated carbocycles. The number of H-pyrrole nitrogens is 1. The quantitative estimate of drug-likeness (QED) is 0.651. The highest BCUT2D eigenvalue weighted by Gasteiger charge is 2.29. The lowest BCUT2D eigenvalue weighted by molar-refractivity contribution is -0.117. The number of nitrogens with zero attached hydrogens (tertiary/aromatic N) is 2. The molecule has 3 aromatic rings. The van der Waals surface area contributed by atoms with Crippen molar-refractivity contribution in [3.63, 3.8) is 0 Å². The summed E-state index contributed by atoms with van der Waals surface area (Å²) in [4.78, 5) is 26.7. The van der Waals surface area contributed by atoms with Crippen molar-refractivity contribution >= 4 is 28.5 Å². The molecule has 4 rings (SSSR count). The number of carbonyl (C=O) groups is 2. The molecule has 2 heterocycles. The minimum Gasteiger partial charge on any atom is -0.338 e. The molecule has 3 N–H and O–H groups in total. The summed E-state index contributed by atoms with van der Waals surface area (Å²) in [6.07, 6.45) is 0. The number of urea groups is 1. The summed E-state index contributed by atoms with van der Waals surface area (Å²) in [5, 5.41) is 15.1. The molecule has 0 bridgehead atoms. The lowest BCUT2D eigenvalue weighted by atomic mass is 9.94. The number of aromatic amines is 1. The Morgan fingerprint density at radius 3 is 2.79 bits per heavy atom. The number of amides is 3. The summed E-state index contributed by atoms with van der Waals surface area (Å²) in [6, 6.07) is 13.9. The molecule has 0 radical (unpaired) electrons. The van der Waals surface area contributed by atoms with E-state index >= 15 is 0 Å². The second kappa shape index (κ2) is 7.34. The molecule has 0 spiro atoms. The number of carbonyl (C=O) groups excluding carboxylic acids is 2. The van der Waals surface area contributed by atoms with Gasteiger partial charge in [0, 0.05) is 12.1 Å². The van der Waals surface area contributed by atoms with E-state index in [2.05, 4.69) is 20.8 Å². The van der Waals surface area contributed by atoms with Crippen LogP contribution in [0.5, 0.6) is 0 Å². The maximum absolute atomic E-state index is 12.9. The maximum atomic E-state index is 12.9. The smallest absolute Gasteiger partial charge is 0.318 e. The summed E-state index contributed by atoms with van der Waals surface area (Å²) in [5.41, 5.74) is 2.64. The minimum absolute atomic E-state index is 0.112. The van der Waals surface area contributed by atoms with Crippen LogP contribution in [0.3, 0.4) is 0 Å². The molecular formula is C21H23N5O2. The summed E-state index contributed by atoms with van der Waals surface area (Å²) in [5.74, 6) is 0.129. The number of nitrogens with one attached hydrogen (secondary N) is 3. The van der Waals surface area contributed by atoms with Crippen LogP contribution in [-0.2, 0) is 17.9 Å². The van der Waals surface area contributed by atoms with E-state index in [1.165, 1.54) is 0 Å². The lowest BCUT2D eigenvalue weighted by Gasteiger charge is -2.17. The molecule has 1 atom stereocenters. The van der Waals surface area contributed by atoms with Crippen molar-refractivity contribution in [2.75, 3.05) is 11.9 Å². The van der Waals surface area contributed by atoms with Crippen molar-refractivity contribution < 1.29 is 9.59 Å². The van der Waals surface area contributed by atoms with Gasteiger partial charge >= 0.3 is 6.03 Å². The zero-order valence-electron chi connectivity index (χ0n) is 16.0.